The van der Waals surface area contributed by atoms with Crippen molar-refractivity contribution in [2.24, 2.45) is 10.7 Å². The van der Waals surface area contributed by atoms with Gasteiger partial charge in [-0.3, -0.25) is 14.5 Å². The van der Waals surface area contributed by atoms with Gasteiger partial charge in [0.05, 0.1) is 30.7 Å². The van der Waals surface area contributed by atoms with Crippen LogP contribution in [-0.4, -0.2) is 70.4 Å². The first-order valence-electron chi connectivity index (χ1n) is 13.9. The second kappa shape index (κ2) is 10.0. The zero-order valence-corrected chi connectivity index (χ0v) is 24.7. The molecule has 220 valence electrons. The highest BCUT2D eigenvalue weighted by Crippen LogP contribution is 2.45. The fourth-order valence-electron chi connectivity index (χ4n) is 6.46. The Morgan fingerprint density at radius 1 is 1.12 bits per heavy atom. The number of carbonyl (C=O) groups excluding carboxylic acids is 2. The zero-order valence-electron chi connectivity index (χ0n) is 24.7. The van der Waals surface area contributed by atoms with E-state index in [-0.39, 0.29) is 36.7 Å². The number of aliphatic hydroxyl groups is 1. The predicted molar refractivity (Wildman–Crippen MR) is 154 cm³/mol. The minimum atomic E-state index is -0.975. The van der Waals surface area contributed by atoms with Crippen molar-refractivity contribution in [3.63, 3.8) is 0 Å². The van der Waals surface area contributed by atoms with Crippen molar-refractivity contribution in [2.75, 3.05) is 13.7 Å². The number of amides is 2. The highest BCUT2D eigenvalue weighted by atomic mass is 16.5. The number of fused-ring (bicyclic) bond motifs is 2. The van der Waals surface area contributed by atoms with Gasteiger partial charge in [0, 0.05) is 24.2 Å². The maximum Gasteiger partial charge on any atom is 0.251 e. The fourth-order valence-corrected chi connectivity index (χ4v) is 6.46. The Morgan fingerprint density at radius 3 is 2.49 bits per heavy atom. The minimum absolute atomic E-state index is 0.140. The summed E-state index contributed by atoms with van der Waals surface area (Å²) in [4.78, 5) is 33.2. The molecule has 0 fully saturated rings. The second-order valence-electron chi connectivity index (χ2n) is 12.7. The number of aliphatic hydroxyl groups excluding tert-OH is 1. The summed E-state index contributed by atoms with van der Waals surface area (Å²) in [7, 11) is 1.59. The van der Waals surface area contributed by atoms with Gasteiger partial charge in [0.15, 0.2) is 11.6 Å². The van der Waals surface area contributed by atoms with Crippen LogP contribution in [-0.2, 0) is 9.53 Å². The van der Waals surface area contributed by atoms with Gasteiger partial charge in [-0.25, -0.2) is 4.99 Å². The molecule has 10 nitrogen and oxygen atoms in total. The summed E-state index contributed by atoms with van der Waals surface area (Å²) >= 11 is 0. The lowest BCUT2D eigenvalue weighted by atomic mass is 9.77. The molecule has 2 unspecified atom stereocenters. The number of hydrogen-bond acceptors (Lipinski definition) is 8. The molecule has 0 aliphatic carbocycles. The summed E-state index contributed by atoms with van der Waals surface area (Å²) in [5.41, 5.74) is 5.83. The van der Waals surface area contributed by atoms with E-state index in [0.717, 1.165) is 5.56 Å². The van der Waals surface area contributed by atoms with Gasteiger partial charge in [0.1, 0.15) is 23.2 Å². The van der Waals surface area contributed by atoms with Crippen molar-refractivity contribution >= 4 is 17.8 Å². The molecule has 0 saturated heterocycles. The molecular weight excluding hydrogens is 524 g/mol. The molecule has 0 spiro atoms. The van der Waals surface area contributed by atoms with Gasteiger partial charge in [-0.05, 0) is 64.4 Å². The van der Waals surface area contributed by atoms with E-state index in [1.807, 2.05) is 52.0 Å². The maximum atomic E-state index is 13.6. The molecule has 0 bridgehead atoms. The Balaban J connectivity index is 1.49. The number of methoxy groups -OCH3 is 1. The lowest BCUT2D eigenvalue weighted by molar-refractivity contribution is -0.139. The molecule has 3 heterocycles. The first-order chi connectivity index (χ1) is 19.2. The number of benzene rings is 2. The number of carbonyl (C=O) groups is 2. The third kappa shape index (κ3) is 5.04. The Hall–Kier alpha value is -3.63. The first-order valence-corrected chi connectivity index (χ1v) is 13.9. The Morgan fingerprint density at radius 2 is 1.80 bits per heavy atom. The highest BCUT2D eigenvalue weighted by Gasteiger charge is 2.52. The Labute approximate surface area is 240 Å². The molecule has 5 rings (SSSR count). The standard InChI is InChI=1S/C31H40N4O6/c1-17-20-14-18(27(38)33-24-19-10-8-9-11-21(19)40-30(4,5)26(24)37)12-13-22(20)41-31(6,16-39-7)25(17)35-23(36)15-29(2,3)34-28(35)32/h8-14,17,24-26,37H,15-16H2,1-7H3,(H2,32,34)(H,33,38)/t17-,24+,25?,26-,31?/m0/s1. The molecule has 2 aromatic rings. The third-order valence-electron chi connectivity index (χ3n) is 8.37. The molecular formula is C31H40N4O6. The van der Waals surface area contributed by atoms with Crippen LogP contribution in [0.5, 0.6) is 11.5 Å². The molecule has 0 aromatic heterocycles. The van der Waals surface area contributed by atoms with Crippen LogP contribution in [0.2, 0.25) is 0 Å². The van der Waals surface area contributed by atoms with Crippen LogP contribution in [0.4, 0.5) is 0 Å². The average Bonchev–Trinajstić information content (AvgIpc) is 2.87. The van der Waals surface area contributed by atoms with E-state index in [0.29, 0.717) is 22.6 Å². The lowest BCUT2D eigenvalue weighted by Gasteiger charge is -2.51. The fraction of sp³-hybridized carbons (Fsp3) is 0.516. The van der Waals surface area contributed by atoms with E-state index in [2.05, 4.69) is 10.3 Å². The van der Waals surface area contributed by atoms with Gasteiger partial charge in [-0.15, -0.1) is 0 Å². The van der Waals surface area contributed by atoms with E-state index in [9.17, 15) is 14.7 Å². The molecule has 2 amide bonds. The van der Waals surface area contributed by atoms with Crippen molar-refractivity contribution < 1.29 is 28.9 Å². The van der Waals surface area contributed by atoms with E-state index in [1.54, 1.807) is 39.2 Å². The van der Waals surface area contributed by atoms with Crippen molar-refractivity contribution in [3.8, 4) is 11.5 Å². The summed E-state index contributed by atoms with van der Waals surface area (Å²) in [5, 5.41) is 14.1. The summed E-state index contributed by atoms with van der Waals surface area (Å²) in [6.45, 7) is 11.4. The van der Waals surface area contributed by atoms with Gasteiger partial charge in [-0.2, -0.15) is 0 Å². The number of hydrogen-bond donors (Lipinski definition) is 3. The highest BCUT2D eigenvalue weighted by molar-refractivity contribution is 6.00. The van der Waals surface area contributed by atoms with Crippen LogP contribution < -0.4 is 20.5 Å². The van der Waals surface area contributed by atoms with Gasteiger partial charge in [0.25, 0.3) is 5.91 Å². The monoisotopic (exact) mass is 564 g/mol. The number of nitrogens with one attached hydrogen (secondary N) is 1. The first kappa shape index (κ1) is 28.9. The number of nitrogens with two attached hydrogens (primary N) is 1. The van der Waals surface area contributed by atoms with Crippen molar-refractivity contribution in [1.29, 1.82) is 0 Å². The number of guanidine groups is 1. The third-order valence-corrected chi connectivity index (χ3v) is 8.37. The molecule has 3 aliphatic rings. The number of rotatable bonds is 5. The van der Waals surface area contributed by atoms with E-state index in [1.165, 1.54) is 4.90 Å². The quantitative estimate of drug-likeness (QED) is 0.507. The zero-order chi connectivity index (χ0) is 29.9. The van der Waals surface area contributed by atoms with Crippen LogP contribution in [0.3, 0.4) is 0 Å². The smallest absolute Gasteiger partial charge is 0.251 e. The number of ether oxygens (including phenoxy) is 3. The predicted octanol–water partition coefficient (Wildman–Crippen LogP) is 3.28. The molecule has 10 heteroatoms. The normalized spacial score (nSPS) is 29.8. The van der Waals surface area contributed by atoms with Crippen molar-refractivity contribution in [2.45, 2.75) is 88.8 Å². The van der Waals surface area contributed by atoms with Gasteiger partial charge in [0.2, 0.25) is 5.91 Å². The van der Waals surface area contributed by atoms with Gasteiger partial charge >= 0.3 is 0 Å². The SMILES string of the molecule is COCC1(C)Oc2ccc(C(=O)N[C@@H]3c4ccccc4OC(C)(C)[C@H]3O)cc2[C@H](C)C1N1C(=O)CC(C)(C)N=C1N. The number of nitrogens with zero attached hydrogens (tertiary/aromatic N) is 2. The molecule has 0 saturated carbocycles. The topological polar surface area (TPSA) is 136 Å². The van der Waals surface area contributed by atoms with Crippen LogP contribution in [0.25, 0.3) is 0 Å². The van der Waals surface area contributed by atoms with Gasteiger partial charge < -0.3 is 30.4 Å². The molecule has 3 aliphatic heterocycles. The molecule has 5 atom stereocenters. The summed E-state index contributed by atoms with van der Waals surface area (Å²) in [6.07, 6.45) is -0.766. The number of aliphatic imine (C=N–C) groups is 1. The van der Waals surface area contributed by atoms with Crippen molar-refractivity contribution in [1.82, 2.24) is 10.2 Å². The molecule has 2 aromatic carbocycles. The van der Waals surface area contributed by atoms with E-state index >= 15 is 0 Å². The molecule has 41 heavy (non-hydrogen) atoms. The summed E-state index contributed by atoms with van der Waals surface area (Å²) < 4.78 is 18.0. The van der Waals surface area contributed by atoms with Crippen LogP contribution in [0, 0.1) is 0 Å². The number of para-hydroxylation sites is 1. The summed E-state index contributed by atoms with van der Waals surface area (Å²) in [5.74, 6) is 0.588. The van der Waals surface area contributed by atoms with Crippen LogP contribution in [0.1, 0.15) is 81.4 Å². The molecule has 0 radical (unpaired) electrons. The Bertz CT molecular complexity index is 1400. The minimum Gasteiger partial charge on any atom is -0.485 e. The summed E-state index contributed by atoms with van der Waals surface area (Å²) in [6, 6.07) is 11.4. The second-order valence-corrected chi connectivity index (χ2v) is 12.7. The lowest BCUT2D eigenvalue weighted by Crippen LogP contribution is -2.66. The largest absolute Gasteiger partial charge is 0.485 e. The maximum absolute atomic E-state index is 13.6. The molecule has 4 N–H and O–H groups in total. The van der Waals surface area contributed by atoms with E-state index < -0.39 is 34.9 Å². The van der Waals surface area contributed by atoms with Crippen LogP contribution in [0.15, 0.2) is 47.5 Å². The van der Waals surface area contributed by atoms with Crippen LogP contribution >= 0.6 is 0 Å². The Kier molecular flexibility index (Phi) is 7.06. The average molecular weight is 565 g/mol. The van der Waals surface area contributed by atoms with Crippen molar-refractivity contribution in [3.05, 3.63) is 59.2 Å². The van der Waals surface area contributed by atoms with Gasteiger partial charge in [-0.1, -0.05) is 25.1 Å². The van der Waals surface area contributed by atoms with E-state index in [4.69, 9.17) is 19.9 Å².